The number of aryl methyl sites for hydroxylation is 3. The summed E-state index contributed by atoms with van der Waals surface area (Å²) >= 11 is 0. The molecule has 0 aliphatic rings. The molecule has 36 heavy (non-hydrogen) atoms. The quantitative estimate of drug-likeness (QED) is 0.248. The molecule has 6 heteroatoms. The molecule has 4 aromatic rings. The topological polar surface area (TPSA) is 84.2 Å². The van der Waals surface area contributed by atoms with Crippen LogP contribution in [0, 0.1) is 0 Å². The van der Waals surface area contributed by atoms with Gasteiger partial charge >= 0.3 is 5.97 Å². The van der Waals surface area contributed by atoms with Crippen molar-refractivity contribution in [1.82, 2.24) is 9.55 Å². The Morgan fingerprint density at radius 1 is 0.944 bits per heavy atom. The summed E-state index contributed by atoms with van der Waals surface area (Å²) in [4.78, 5) is 29.1. The number of amides is 1. The van der Waals surface area contributed by atoms with E-state index >= 15 is 0 Å². The lowest BCUT2D eigenvalue weighted by molar-refractivity contribution is -0.116. The number of nitrogens with one attached hydrogen (secondary N) is 1. The fourth-order valence-corrected chi connectivity index (χ4v) is 4.51. The van der Waals surface area contributed by atoms with E-state index in [4.69, 9.17) is 4.98 Å². The second kappa shape index (κ2) is 11.7. The Morgan fingerprint density at radius 3 is 2.47 bits per heavy atom. The second-order valence-corrected chi connectivity index (χ2v) is 9.09. The maximum absolute atomic E-state index is 12.1. The number of nitrogens with zero attached hydrogens (tertiary/aromatic N) is 2. The third-order valence-electron chi connectivity index (χ3n) is 6.37. The molecule has 6 nitrogen and oxygen atoms in total. The summed E-state index contributed by atoms with van der Waals surface area (Å²) in [6.07, 6.45) is 4.95. The lowest BCUT2D eigenvalue weighted by Crippen LogP contribution is -2.11. The summed E-state index contributed by atoms with van der Waals surface area (Å²) in [6.45, 7) is 4.82. The van der Waals surface area contributed by atoms with Crippen LogP contribution in [0.4, 0.5) is 5.69 Å². The van der Waals surface area contributed by atoms with Crippen LogP contribution in [-0.2, 0) is 24.2 Å². The number of aromatic carboxylic acids is 1. The molecule has 0 saturated carbocycles. The van der Waals surface area contributed by atoms with Gasteiger partial charge in [0.05, 0.1) is 16.6 Å². The van der Waals surface area contributed by atoms with Gasteiger partial charge in [-0.1, -0.05) is 62.7 Å². The highest BCUT2D eigenvalue weighted by atomic mass is 16.4. The number of hydrogen-bond acceptors (Lipinski definition) is 3. The van der Waals surface area contributed by atoms with Crippen molar-refractivity contribution >= 4 is 28.6 Å². The second-order valence-electron chi connectivity index (χ2n) is 9.09. The minimum atomic E-state index is -0.931. The zero-order valence-corrected chi connectivity index (χ0v) is 21.0. The van der Waals surface area contributed by atoms with Crippen molar-refractivity contribution in [3.8, 4) is 11.1 Å². The van der Waals surface area contributed by atoms with E-state index in [1.165, 1.54) is 0 Å². The van der Waals surface area contributed by atoms with Crippen molar-refractivity contribution in [3.05, 3.63) is 83.7 Å². The molecule has 2 N–H and O–H groups in total. The molecule has 4 rings (SSSR count). The standard InChI is InChI=1S/C30H33N3O3/c1-3-5-12-28-32-26-16-14-23(31-29(34)9-4-2)20-27(26)33(28)18-17-21-13-15-24(25(19-21)30(35)36)22-10-7-6-8-11-22/h6-8,10-11,13-16,19-20H,3-5,9,12,17-18H2,1-2H3,(H,31,34)(H,35,36). The first kappa shape index (κ1) is 25.2. The first-order valence-electron chi connectivity index (χ1n) is 12.7. The monoisotopic (exact) mass is 483 g/mol. The summed E-state index contributed by atoms with van der Waals surface area (Å²) in [6, 6.07) is 21.1. The molecule has 0 unspecified atom stereocenters. The number of anilines is 1. The van der Waals surface area contributed by atoms with Crippen molar-refractivity contribution in [2.45, 2.75) is 58.9 Å². The molecular formula is C30H33N3O3. The van der Waals surface area contributed by atoms with Crippen LogP contribution in [0.3, 0.4) is 0 Å². The predicted octanol–water partition coefficient (Wildman–Crippen LogP) is 6.73. The minimum Gasteiger partial charge on any atom is -0.478 e. The molecular weight excluding hydrogens is 450 g/mol. The van der Waals surface area contributed by atoms with Crippen molar-refractivity contribution in [2.24, 2.45) is 0 Å². The average molecular weight is 484 g/mol. The van der Waals surface area contributed by atoms with Crippen LogP contribution in [0.15, 0.2) is 66.7 Å². The number of imidazole rings is 1. The van der Waals surface area contributed by atoms with E-state index in [2.05, 4.69) is 16.8 Å². The average Bonchev–Trinajstić information content (AvgIpc) is 3.23. The zero-order chi connectivity index (χ0) is 25.5. The normalized spacial score (nSPS) is 11.1. The Labute approximate surface area is 212 Å². The highest BCUT2D eigenvalue weighted by molar-refractivity contribution is 5.96. The number of fused-ring (bicyclic) bond motifs is 1. The molecule has 0 spiro atoms. The van der Waals surface area contributed by atoms with Gasteiger partial charge in [0.25, 0.3) is 0 Å². The number of unbranched alkanes of at least 4 members (excludes halogenated alkanes) is 1. The van der Waals surface area contributed by atoms with E-state index in [0.29, 0.717) is 24.9 Å². The molecule has 0 saturated heterocycles. The van der Waals surface area contributed by atoms with E-state index < -0.39 is 5.97 Å². The van der Waals surface area contributed by atoms with Gasteiger partial charge in [0.2, 0.25) is 5.91 Å². The van der Waals surface area contributed by atoms with Gasteiger partial charge in [0.1, 0.15) is 5.82 Å². The van der Waals surface area contributed by atoms with E-state index in [-0.39, 0.29) is 5.91 Å². The molecule has 1 amide bonds. The van der Waals surface area contributed by atoms with E-state index in [9.17, 15) is 14.7 Å². The number of carboxylic acid groups (broad SMARTS) is 1. The lowest BCUT2D eigenvalue weighted by Gasteiger charge is -2.12. The number of aromatic nitrogens is 2. The van der Waals surface area contributed by atoms with E-state index in [1.54, 1.807) is 6.07 Å². The molecule has 0 aliphatic carbocycles. The van der Waals surface area contributed by atoms with Crippen LogP contribution in [0.1, 0.15) is 61.3 Å². The van der Waals surface area contributed by atoms with Gasteiger partial charge in [0, 0.05) is 25.1 Å². The Bertz CT molecular complexity index is 1360. The molecule has 1 heterocycles. The number of carbonyl (C=O) groups is 2. The Morgan fingerprint density at radius 2 is 1.75 bits per heavy atom. The molecule has 0 fully saturated rings. The first-order valence-corrected chi connectivity index (χ1v) is 12.7. The highest BCUT2D eigenvalue weighted by Crippen LogP contribution is 2.26. The van der Waals surface area contributed by atoms with Gasteiger partial charge in [-0.3, -0.25) is 4.79 Å². The summed E-state index contributed by atoms with van der Waals surface area (Å²) in [5.41, 5.74) is 5.53. The van der Waals surface area contributed by atoms with Crippen LogP contribution < -0.4 is 5.32 Å². The Balaban J connectivity index is 1.64. The van der Waals surface area contributed by atoms with Gasteiger partial charge in [-0.15, -0.1) is 0 Å². The smallest absolute Gasteiger partial charge is 0.336 e. The van der Waals surface area contributed by atoms with Crippen molar-refractivity contribution in [1.29, 1.82) is 0 Å². The molecule has 0 radical (unpaired) electrons. The Kier molecular flexibility index (Phi) is 8.16. The third kappa shape index (κ3) is 5.82. The molecule has 1 aromatic heterocycles. The van der Waals surface area contributed by atoms with E-state index in [1.807, 2.05) is 67.6 Å². The van der Waals surface area contributed by atoms with Gasteiger partial charge in [-0.2, -0.15) is 0 Å². The number of carboxylic acids is 1. The van der Waals surface area contributed by atoms with Gasteiger partial charge in [-0.25, -0.2) is 9.78 Å². The predicted molar refractivity (Wildman–Crippen MR) is 144 cm³/mol. The first-order chi connectivity index (χ1) is 17.5. The van der Waals surface area contributed by atoms with Gasteiger partial charge in [-0.05, 0) is 60.2 Å². The molecule has 0 aliphatic heterocycles. The fourth-order valence-electron chi connectivity index (χ4n) is 4.51. The van der Waals surface area contributed by atoms with Crippen molar-refractivity contribution < 1.29 is 14.7 Å². The number of rotatable bonds is 11. The Hall–Kier alpha value is -3.93. The van der Waals surface area contributed by atoms with Crippen LogP contribution in [0.5, 0.6) is 0 Å². The van der Waals surface area contributed by atoms with Crippen LogP contribution in [0.2, 0.25) is 0 Å². The summed E-state index contributed by atoms with van der Waals surface area (Å²) < 4.78 is 2.21. The highest BCUT2D eigenvalue weighted by Gasteiger charge is 2.15. The minimum absolute atomic E-state index is 0.00817. The number of carbonyl (C=O) groups excluding carboxylic acids is 1. The molecule has 186 valence electrons. The van der Waals surface area contributed by atoms with Gasteiger partial charge in [0.15, 0.2) is 0 Å². The maximum Gasteiger partial charge on any atom is 0.336 e. The summed E-state index contributed by atoms with van der Waals surface area (Å²) in [5.74, 6) is 0.0944. The number of benzene rings is 3. The number of hydrogen-bond donors (Lipinski definition) is 2. The zero-order valence-electron chi connectivity index (χ0n) is 21.0. The van der Waals surface area contributed by atoms with Crippen molar-refractivity contribution in [3.63, 3.8) is 0 Å². The SMILES string of the molecule is CCCCc1nc2ccc(NC(=O)CCC)cc2n1CCc1ccc(-c2ccccc2)c(C(=O)O)c1. The van der Waals surface area contributed by atoms with E-state index in [0.717, 1.165) is 64.9 Å². The fraction of sp³-hybridized carbons (Fsp3) is 0.300. The van der Waals surface area contributed by atoms with Crippen molar-refractivity contribution in [2.75, 3.05) is 5.32 Å². The molecule has 3 aromatic carbocycles. The third-order valence-corrected chi connectivity index (χ3v) is 6.37. The van der Waals surface area contributed by atoms with Crippen LogP contribution in [0.25, 0.3) is 22.2 Å². The summed E-state index contributed by atoms with van der Waals surface area (Å²) in [7, 11) is 0. The molecule has 0 atom stereocenters. The van der Waals surface area contributed by atoms with Crippen LogP contribution >= 0.6 is 0 Å². The van der Waals surface area contributed by atoms with Crippen LogP contribution in [-0.4, -0.2) is 26.5 Å². The molecule has 0 bridgehead atoms. The lowest BCUT2D eigenvalue weighted by atomic mass is 9.96. The maximum atomic E-state index is 12.1. The van der Waals surface area contributed by atoms with Gasteiger partial charge < -0.3 is 15.0 Å². The largest absolute Gasteiger partial charge is 0.478 e. The summed E-state index contributed by atoms with van der Waals surface area (Å²) in [5, 5.41) is 12.9.